The molecular weight excluding hydrogens is 575 g/mol. The summed E-state index contributed by atoms with van der Waals surface area (Å²) in [5.74, 6) is -3.49. The second-order valence-electron chi connectivity index (χ2n) is 10.1. The number of rotatable bonds is 7. The van der Waals surface area contributed by atoms with Gasteiger partial charge < -0.3 is 10.1 Å². The number of esters is 1. The van der Waals surface area contributed by atoms with Gasteiger partial charge in [-0.2, -0.15) is 0 Å². The molecule has 0 bridgehead atoms. The quantitative estimate of drug-likeness (QED) is 0.177. The molecule has 2 aromatic carbocycles. The summed E-state index contributed by atoms with van der Waals surface area (Å²) in [5.41, 5.74) is 1.49. The molecule has 1 atom stereocenters. The molecule has 208 valence electrons. The summed E-state index contributed by atoms with van der Waals surface area (Å²) in [7, 11) is 0. The lowest BCUT2D eigenvalue weighted by molar-refractivity contribution is -0.124. The average Bonchev–Trinajstić information content (AvgIpc) is 3.45. The van der Waals surface area contributed by atoms with E-state index in [-0.39, 0.29) is 18.4 Å². The average molecular weight is 601 g/mol. The summed E-state index contributed by atoms with van der Waals surface area (Å²) in [6.45, 7) is 7.14. The molecule has 0 aliphatic carbocycles. The van der Waals surface area contributed by atoms with Crippen LogP contribution >= 0.6 is 35.3 Å². The van der Waals surface area contributed by atoms with Gasteiger partial charge in [-0.1, -0.05) is 37.0 Å². The number of amides is 2. The van der Waals surface area contributed by atoms with Crippen LogP contribution in [0.1, 0.15) is 42.9 Å². The molecule has 0 radical (unpaired) electrons. The zero-order chi connectivity index (χ0) is 29.2. The van der Waals surface area contributed by atoms with Gasteiger partial charge in [-0.3, -0.25) is 14.5 Å². The summed E-state index contributed by atoms with van der Waals surface area (Å²) in [6, 6.07) is 11.8. The van der Waals surface area contributed by atoms with Crippen molar-refractivity contribution in [2.45, 2.75) is 33.3 Å². The van der Waals surface area contributed by atoms with Crippen molar-refractivity contribution in [1.82, 2.24) is 4.90 Å². The van der Waals surface area contributed by atoms with Crippen molar-refractivity contribution in [3.8, 4) is 11.1 Å². The molecule has 0 saturated carbocycles. The van der Waals surface area contributed by atoms with Crippen LogP contribution in [0.25, 0.3) is 17.2 Å². The summed E-state index contributed by atoms with van der Waals surface area (Å²) < 4.78 is 32.6. The van der Waals surface area contributed by atoms with Crippen molar-refractivity contribution in [3.05, 3.63) is 80.9 Å². The minimum absolute atomic E-state index is 0.0916. The van der Waals surface area contributed by atoms with Crippen molar-refractivity contribution in [2.24, 2.45) is 5.92 Å². The van der Waals surface area contributed by atoms with Crippen LogP contribution in [-0.2, 0) is 14.3 Å². The Morgan fingerprint density at radius 1 is 1.07 bits per heavy atom. The Hall–Kier alpha value is -3.41. The number of carbonyl (C=O) groups excluding carboxylic acids is 3. The molecule has 40 heavy (non-hydrogen) atoms. The highest BCUT2D eigenvalue weighted by molar-refractivity contribution is 8.26. The highest BCUT2D eigenvalue weighted by Gasteiger charge is 2.34. The molecule has 1 aliphatic heterocycles. The van der Waals surface area contributed by atoms with Gasteiger partial charge in [0.2, 0.25) is 5.91 Å². The van der Waals surface area contributed by atoms with Crippen LogP contribution in [0.4, 0.5) is 14.5 Å². The van der Waals surface area contributed by atoms with Gasteiger partial charge in [-0.25, -0.2) is 13.6 Å². The lowest BCUT2D eigenvalue weighted by Crippen LogP contribution is -2.36. The third-order valence-electron chi connectivity index (χ3n) is 5.71. The molecule has 2 amide bonds. The number of hydrogen-bond acceptors (Lipinski definition) is 7. The van der Waals surface area contributed by atoms with E-state index in [1.807, 2.05) is 0 Å². The standard InChI is InChI=1S/C29H26F2N2O4S3/c1-16(25(34)32-20-8-5-17(6-9-20)27(36)37-29(2,3)4)14-33-26(35)24(40-28(33)38)13-21-11-19(15-39-21)18-7-10-22(30)23(31)12-18/h5-13,15-16H,14H2,1-4H3,(H,32,34). The highest BCUT2D eigenvalue weighted by atomic mass is 32.2. The van der Waals surface area contributed by atoms with Crippen LogP contribution in [0.5, 0.6) is 0 Å². The number of thiocarbonyl (C=S) groups is 1. The van der Waals surface area contributed by atoms with Crippen LogP contribution in [0.2, 0.25) is 0 Å². The Morgan fingerprint density at radius 3 is 2.42 bits per heavy atom. The largest absolute Gasteiger partial charge is 0.456 e. The second-order valence-corrected chi connectivity index (χ2v) is 12.7. The molecule has 1 unspecified atom stereocenters. The summed E-state index contributed by atoms with van der Waals surface area (Å²) in [6.07, 6.45) is 1.70. The first-order valence-electron chi connectivity index (χ1n) is 12.2. The molecule has 1 fully saturated rings. The topological polar surface area (TPSA) is 75.7 Å². The molecule has 6 nitrogen and oxygen atoms in total. The number of nitrogens with one attached hydrogen (secondary N) is 1. The van der Waals surface area contributed by atoms with Gasteiger partial charge in [0, 0.05) is 17.1 Å². The van der Waals surface area contributed by atoms with Crippen LogP contribution in [0.3, 0.4) is 0 Å². The molecule has 2 heterocycles. The lowest BCUT2D eigenvalue weighted by atomic mass is 10.1. The maximum Gasteiger partial charge on any atom is 0.338 e. The van der Waals surface area contributed by atoms with Gasteiger partial charge >= 0.3 is 5.97 Å². The molecule has 4 rings (SSSR count). The number of hydrogen-bond donors (Lipinski definition) is 1. The van der Waals surface area contributed by atoms with Gasteiger partial charge in [0.25, 0.3) is 5.91 Å². The van der Waals surface area contributed by atoms with Crippen LogP contribution in [0, 0.1) is 17.6 Å². The Kier molecular flexibility index (Phi) is 8.86. The zero-order valence-corrected chi connectivity index (χ0v) is 24.6. The fraction of sp³-hybridized carbons (Fsp3) is 0.241. The van der Waals surface area contributed by atoms with Gasteiger partial charge in [0.15, 0.2) is 11.6 Å². The molecule has 0 spiro atoms. The fourth-order valence-electron chi connectivity index (χ4n) is 3.69. The Bertz CT molecular complexity index is 1510. The van der Waals surface area contributed by atoms with E-state index in [1.54, 1.807) is 69.5 Å². The molecule has 1 aliphatic rings. The number of anilines is 1. The molecule has 3 aromatic rings. The predicted molar refractivity (Wildman–Crippen MR) is 159 cm³/mol. The predicted octanol–water partition coefficient (Wildman–Crippen LogP) is 7.12. The van der Waals surface area contributed by atoms with Crippen LogP contribution in [0.15, 0.2) is 58.8 Å². The van der Waals surface area contributed by atoms with Gasteiger partial charge in [-0.05, 0) is 85.8 Å². The van der Waals surface area contributed by atoms with Crippen molar-refractivity contribution < 1.29 is 27.9 Å². The zero-order valence-electron chi connectivity index (χ0n) is 22.1. The number of benzene rings is 2. The van der Waals surface area contributed by atoms with Crippen molar-refractivity contribution >= 4 is 69.2 Å². The van der Waals surface area contributed by atoms with Crippen molar-refractivity contribution in [3.63, 3.8) is 0 Å². The van der Waals surface area contributed by atoms with E-state index in [0.29, 0.717) is 31.6 Å². The van der Waals surface area contributed by atoms with Gasteiger partial charge in [-0.15, -0.1) is 11.3 Å². The monoisotopic (exact) mass is 600 g/mol. The van der Waals surface area contributed by atoms with E-state index in [1.165, 1.54) is 22.3 Å². The first-order chi connectivity index (χ1) is 18.8. The molecular formula is C29H26F2N2O4S3. The number of thiophene rings is 1. The second kappa shape index (κ2) is 12.0. The minimum Gasteiger partial charge on any atom is -0.456 e. The van der Waals surface area contributed by atoms with E-state index in [2.05, 4.69) is 5.32 Å². The summed E-state index contributed by atoms with van der Waals surface area (Å²) in [4.78, 5) is 40.7. The number of nitrogens with zero attached hydrogens (tertiary/aromatic N) is 1. The SMILES string of the molecule is CC(CN1C(=O)C(=Cc2cc(-c3ccc(F)c(F)c3)cs2)SC1=S)C(=O)Nc1ccc(C(=O)OC(C)(C)C)cc1. The maximum absolute atomic E-state index is 13.6. The number of carbonyl (C=O) groups is 3. The highest BCUT2D eigenvalue weighted by Crippen LogP contribution is 2.35. The van der Waals surface area contributed by atoms with Gasteiger partial charge in [0.05, 0.1) is 16.4 Å². The Labute approximate surface area is 244 Å². The molecule has 1 saturated heterocycles. The van der Waals surface area contributed by atoms with Crippen LogP contribution < -0.4 is 5.32 Å². The summed E-state index contributed by atoms with van der Waals surface area (Å²) >= 11 is 7.91. The third-order valence-corrected chi connectivity index (χ3v) is 7.97. The normalized spacial score (nSPS) is 15.4. The van der Waals surface area contributed by atoms with E-state index in [9.17, 15) is 23.2 Å². The molecule has 1 aromatic heterocycles. The Morgan fingerprint density at radius 2 is 1.77 bits per heavy atom. The van der Waals surface area contributed by atoms with Crippen LogP contribution in [-0.4, -0.2) is 39.1 Å². The molecule has 11 heteroatoms. The summed E-state index contributed by atoms with van der Waals surface area (Å²) in [5, 5.41) is 4.59. The van der Waals surface area contributed by atoms with Crippen molar-refractivity contribution in [2.75, 3.05) is 11.9 Å². The Balaban J connectivity index is 1.37. The van der Waals surface area contributed by atoms with E-state index in [4.69, 9.17) is 17.0 Å². The lowest BCUT2D eigenvalue weighted by Gasteiger charge is -2.20. The van der Waals surface area contributed by atoms with Crippen molar-refractivity contribution in [1.29, 1.82) is 0 Å². The minimum atomic E-state index is -0.929. The first kappa shape index (κ1) is 29.6. The van der Waals surface area contributed by atoms with E-state index >= 15 is 0 Å². The smallest absolute Gasteiger partial charge is 0.338 e. The van der Waals surface area contributed by atoms with E-state index in [0.717, 1.165) is 28.8 Å². The number of ether oxygens (including phenoxy) is 1. The maximum atomic E-state index is 13.6. The van der Waals surface area contributed by atoms with E-state index < -0.39 is 29.1 Å². The third kappa shape index (κ3) is 7.21. The molecule has 1 N–H and O–H groups in total. The number of halogens is 2. The number of thioether (sulfide) groups is 1. The first-order valence-corrected chi connectivity index (χ1v) is 14.3. The fourth-order valence-corrected chi connectivity index (χ4v) is 5.88. The van der Waals surface area contributed by atoms with Gasteiger partial charge in [0.1, 0.15) is 9.92 Å².